The number of phenols is 1. The number of nitrogens with two attached hydrogens (primary N) is 1. The second kappa shape index (κ2) is 8.97. The highest BCUT2D eigenvalue weighted by Crippen LogP contribution is 2.64. The van der Waals surface area contributed by atoms with Gasteiger partial charge in [0.25, 0.3) is 0 Å². The molecule has 2 aromatic heterocycles. The monoisotopic (exact) mass is 538 g/mol. The minimum Gasteiger partial charge on any atom is -0.507 e. The zero-order chi connectivity index (χ0) is 26.9. The van der Waals surface area contributed by atoms with E-state index in [2.05, 4.69) is 21.2 Å². The zero-order valence-electron chi connectivity index (χ0n) is 22.5. The zero-order valence-corrected chi connectivity index (χ0v) is 22.5. The molecule has 1 spiro atoms. The molecule has 2 bridgehead atoms. The molecule has 206 valence electrons. The van der Waals surface area contributed by atoms with Gasteiger partial charge in [-0.1, -0.05) is 18.2 Å². The average molecular weight is 539 g/mol. The van der Waals surface area contributed by atoms with E-state index in [0.717, 1.165) is 62.3 Å². The molecule has 2 saturated carbocycles. The lowest BCUT2D eigenvalue weighted by Gasteiger charge is -2.52. The van der Waals surface area contributed by atoms with Crippen molar-refractivity contribution in [2.24, 2.45) is 17.8 Å². The lowest BCUT2D eigenvalue weighted by Crippen LogP contribution is -2.53. The fourth-order valence-electron chi connectivity index (χ4n) is 8.25. The Morgan fingerprint density at radius 1 is 1.02 bits per heavy atom. The van der Waals surface area contributed by atoms with Crippen molar-refractivity contribution < 1.29 is 14.6 Å². The normalized spacial score (nSPS) is 30.1. The third kappa shape index (κ3) is 3.74. The van der Waals surface area contributed by atoms with Crippen LogP contribution in [-0.4, -0.2) is 57.4 Å². The molecular formula is C31H34N6O3. The van der Waals surface area contributed by atoms with Crippen molar-refractivity contribution in [2.45, 2.75) is 49.7 Å². The summed E-state index contributed by atoms with van der Waals surface area (Å²) in [4.78, 5) is 12.4. The maximum Gasteiger partial charge on any atom is 0.172 e. The third-order valence-corrected chi connectivity index (χ3v) is 10.1. The number of benzene rings is 1. The van der Waals surface area contributed by atoms with E-state index in [4.69, 9.17) is 25.2 Å². The number of aromatic nitrogens is 4. The number of hydrogen-bond acceptors (Lipinski definition) is 9. The minimum atomic E-state index is -0.403. The van der Waals surface area contributed by atoms with Crippen molar-refractivity contribution in [3.63, 3.8) is 0 Å². The van der Waals surface area contributed by atoms with E-state index in [9.17, 15) is 5.11 Å². The number of phenolic OH excluding ortho intramolecular Hbond substituents is 1. The molecule has 9 nitrogen and oxygen atoms in total. The number of rotatable bonds is 4. The van der Waals surface area contributed by atoms with Gasteiger partial charge in [0.1, 0.15) is 11.6 Å². The number of hydrogen-bond donors (Lipinski definition) is 2. The third-order valence-electron chi connectivity index (χ3n) is 10.1. The lowest BCUT2D eigenvalue weighted by atomic mass is 9.54. The van der Waals surface area contributed by atoms with Crippen molar-refractivity contribution in [3.05, 3.63) is 60.2 Å². The largest absolute Gasteiger partial charge is 0.507 e. The first kappa shape index (κ1) is 24.3. The van der Waals surface area contributed by atoms with E-state index in [1.165, 1.54) is 12.0 Å². The molecule has 4 atom stereocenters. The molecule has 9 heteroatoms. The summed E-state index contributed by atoms with van der Waals surface area (Å²) in [5.41, 5.74) is 11.1. The van der Waals surface area contributed by atoms with E-state index in [1.54, 1.807) is 12.1 Å². The van der Waals surface area contributed by atoms with Gasteiger partial charge in [-0.15, -0.1) is 10.2 Å². The molecule has 8 rings (SSSR count). The van der Waals surface area contributed by atoms with Crippen LogP contribution in [0.1, 0.15) is 49.9 Å². The maximum atomic E-state index is 10.3. The number of nitrogen functional groups attached to an aromatic ring is 1. The van der Waals surface area contributed by atoms with Gasteiger partial charge in [-0.25, -0.2) is 9.97 Å². The number of ether oxygens (including phenoxy) is 2. The number of allylic oxidation sites excluding steroid dienone is 1. The van der Waals surface area contributed by atoms with Crippen LogP contribution in [0.15, 0.2) is 48.8 Å². The number of anilines is 2. The van der Waals surface area contributed by atoms with E-state index < -0.39 is 5.79 Å². The second-order valence-corrected chi connectivity index (χ2v) is 12.3. The molecule has 1 aromatic carbocycles. The Labute approximate surface area is 233 Å². The standard InChI is InChI=1S/C31H34N6O3/c32-28-26(12-25(35-36-28)23-3-1-2-4-27(23)38)37-17-19-11-24-21(18-37)14-30(24,13-19)29-33-15-22(16-34-29)20-5-7-31(8-6-20)39-9-10-40-31/h1-5,12,15-16,19,21,24,38H,6-11,13-14,17-18H2,(H2,32,36). The summed E-state index contributed by atoms with van der Waals surface area (Å²) in [5, 5.41) is 18.9. The van der Waals surface area contributed by atoms with Gasteiger partial charge in [0.2, 0.25) is 0 Å². The van der Waals surface area contributed by atoms with Crippen LogP contribution in [0.3, 0.4) is 0 Å². The first-order chi connectivity index (χ1) is 19.5. The van der Waals surface area contributed by atoms with Gasteiger partial charge in [0.15, 0.2) is 11.6 Å². The van der Waals surface area contributed by atoms with Crippen LogP contribution < -0.4 is 10.6 Å². The quantitative estimate of drug-likeness (QED) is 0.500. The van der Waals surface area contributed by atoms with Gasteiger partial charge in [-0.3, -0.25) is 0 Å². The van der Waals surface area contributed by atoms with Crippen LogP contribution in [0.25, 0.3) is 16.8 Å². The van der Waals surface area contributed by atoms with Crippen LogP contribution >= 0.6 is 0 Å². The van der Waals surface area contributed by atoms with Crippen LogP contribution in [0.5, 0.6) is 5.75 Å². The summed E-state index contributed by atoms with van der Waals surface area (Å²) >= 11 is 0. The van der Waals surface area contributed by atoms with Gasteiger partial charge in [0.05, 0.1) is 24.6 Å². The topological polar surface area (TPSA) is 120 Å². The Kier molecular flexibility index (Phi) is 5.44. The first-order valence-electron chi connectivity index (χ1n) is 14.5. The Morgan fingerprint density at radius 2 is 1.85 bits per heavy atom. The average Bonchev–Trinajstić information content (AvgIpc) is 3.49. The van der Waals surface area contributed by atoms with Crippen molar-refractivity contribution >= 4 is 17.1 Å². The summed E-state index contributed by atoms with van der Waals surface area (Å²) in [6.45, 7) is 3.25. The molecule has 0 amide bonds. The smallest absolute Gasteiger partial charge is 0.172 e. The molecule has 3 aromatic rings. The molecule has 4 unspecified atom stereocenters. The van der Waals surface area contributed by atoms with Crippen molar-refractivity contribution in [2.75, 3.05) is 36.9 Å². The Bertz CT molecular complexity index is 1480. The summed E-state index contributed by atoms with van der Waals surface area (Å²) < 4.78 is 11.7. The second-order valence-electron chi connectivity index (χ2n) is 12.3. The summed E-state index contributed by atoms with van der Waals surface area (Å²) in [6.07, 6.45) is 12.3. The van der Waals surface area contributed by atoms with Gasteiger partial charge in [-0.05, 0) is 67.2 Å². The van der Waals surface area contributed by atoms with E-state index in [1.807, 2.05) is 30.6 Å². The van der Waals surface area contributed by atoms with Crippen molar-refractivity contribution in [1.29, 1.82) is 0 Å². The van der Waals surface area contributed by atoms with Crippen LogP contribution in [0.4, 0.5) is 11.5 Å². The predicted octanol–water partition coefficient (Wildman–Crippen LogP) is 4.34. The number of nitrogens with zero attached hydrogens (tertiary/aromatic N) is 5. The molecule has 3 N–H and O–H groups in total. The number of fused-ring (bicyclic) bond motifs is 1. The fraction of sp³-hybridized carbons (Fsp3) is 0.484. The highest BCUT2D eigenvalue weighted by molar-refractivity contribution is 5.74. The van der Waals surface area contributed by atoms with Gasteiger partial charge in [-0.2, -0.15) is 0 Å². The molecule has 2 saturated heterocycles. The van der Waals surface area contributed by atoms with Crippen LogP contribution in [0.2, 0.25) is 0 Å². The molecule has 3 aliphatic carbocycles. The Balaban J connectivity index is 1.00. The first-order valence-corrected chi connectivity index (χ1v) is 14.5. The van der Waals surface area contributed by atoms with Gasteiger partial charge >= 0.3 is 0 Å². The lowest BCUT2D eigenvalue weighted by molar-refractivity contribution is -0.159. The van der Waals surface area contributed by atoms with Gasteiger partial charge < -0.3 is 25.2 Å². The fourth-order valence-corrected chi connectivity index (χ4v) is 8.25. The Morgan fingerprint density at radius 3 is 2.62 bits per heavy atom. The van der Waals surface area contributed by atoms with E-state index in [0.29, 0.717) is 48.0 Å². The van der Waals surface area contributed by atoms with Crippen LogP contribution in [-0.2, 0) is 14.9 Å². The van der Waals surface area contributed by atoms with E-state index in [-0.39, 0.29) is 11.2 Å². The molecule has 5 aliphatic rings. The molecule has 2 aliphatic heterocycles. The predicted molar refractivity (Wildman–Crippen MR) is 150 cm³/mol. The maximum absolute atomic E-state index is 10.3. The summed E-state index contributed by atoms with van der Waals surface area (Å²) in [5.74, 6) is 2.96. The molecule has 4 heterocycles. The highest BCUT2D eigenvalue weighted by Gasteiger charge is 2.63. The number of para-hydroxylation sites is 1. The molecule has 4 fully saturated rings. The minimum absolute atomic E-state index is 0.0967. The SMILES string of the molecule is Nc1nnc(-c2ccccc2O)cc1N1CC2CC3C(C1)CC3(c1ncc(C3=CCC4(CC3)OCCO4)cn1)C2. The Hall–Kier alpha value is -3.56. The molecule has 0 radical (unpaired) electrons. The number of aromatic hydroxyl groups is 1. The summed E-state index contributed by atoms with van der Waals surface area (Å²) in [7, 11) is 0. The van der Waals surface area contributed by atoms with Crippen LogP contribution in [0, 0.1) is 17.8 Å². The van der Waals surface area contributed by atoms with Crippen molar-refractivity contribution in [1.82, 2.24) is 20.2 Å². The molecule has 40 heavy (non-hydrogen) atoms. The summed E-state index contributed by atoms with van der Waals surface area (Å²) in [6, 6.07) is 9.20. The molecular weight excluding hydrogens is 504 g/mol. The van der Waals surface area contributed by atoms with E-state index >= 15 is 0 Å². The highest BCUT2D eigenvalue weighted by atomic mass is 16.7. The van der Waals surface area contributed by atoms with Crippen molar-refractivity contribution in [3.8, 4) is 17.0 Å². The van der Waals surface area contributed by atoms with Gasteiger partial charge in [0, 0.05) is 54.9 Å².